The van der Waals surface area contributed by atoms with Gasteiger partial charge in [-0.3, -0.25) is 9.59 Å². The molecule has 0 aliphatic rings. The van der Waals surface area contributed by atoms with Gasteiger partial charge in [-0.25, -0.2) is 0 Å². The van der Waals surface area contributed by atoms with Gasteiger partial charge < -0.3 is 14.6 Å². The Morgan fingerprint density at radius 1 is 1.12 bits per heavy atom. The molecular weight excluding hydrogens is 212 g/mol. The third kappa shape index (κ3) is 3.36. The molecule has 0 spiro atoms. The second kappa shape index (κ2) is 5.27. The van der Waals surface area contributed by atoms with Crippen molar-refractivity contribution in [2.45, 2.75) is 20.5 Å². The number of carbonyl (C=O) groups is 2. The van der Waals surface area contributed by atoms with Crippen LogP contribution in [-0.2, 0) is 16.2 Å². The molecule has 1 aromatic carbocycles. The smallest absolute Gasteiger partial charge is 0.308 e. The summed E-state index contributed by atoms with van der Waals surface area (Å²) in [5, 5.41) is 8.92. The van der Waals surface area contributed by atoms with E-state index in [1.807, 2.05) is 0 Å². The van der Waals surface area contributed by atoms with Crippen molar-refractivity contribution in [2.75, 3.05) is 0 Å². The Kier molecular flexibility index (Phi) is 4.02. The number of aliphatic hydroxyl groups excluding tert-OH is 1. The molecule has 0 atom stereocenters. The average molecular weight is 224 g/mol. The highest BCUT2D eigenvalue weighted by Crippen LogP contribution is 2.28. The molecule has 1 rings (SSSR count). The van der Waals surface area contributed by atoms with Crippen LogP contribution in [0.25, 0.3) is 0 Å². The van der Waals surface area contributed by atoms with Crippen molar-refractivity contribution in [1.29, 1.82) is 0 Å². The number of hydrogen-bond acceptors (Lipinski definition) is 5. The summed E-state index contributed by atoms with van der Waals surface area (Å²) in [5.74, 6) is -0.761. The summed E-state index contributed by atoms with van der Waals surface area (Å²) in [7, 11) is 0. The van der Waals surface area contributed by atoms with E-state index in [0.717, 1.165) is 0 Å². The fraction of sp³-hybridized carbons (Fsp3) is 0.273. The van der Waals surface area contributed by atoms with E-state index in [9.17, 15) is 9.59 Å². The number of carbonyl (C=O) groups excluding carboxylic acids is 2. The minimum absolute atomic E-state index is 0.120. The predicted octanol–water partition coefficient (Wildman–Crippen LogP) is 1.03. The molecule has 0 radical (unpaired) electrons. The van der Waals surface area contributed by atoms with Gasteiger partial charge in [0, 0.05) is 13.8 Å². The number of esters is 2. The van der Waals surface area contributed by atoms with Gasteiger partial charge in [0.05, 0.1) is 6.61 Å². The molecule has 0 unspecified atom stereocenters. The summed E-state index contributed by atoms with van der Waals surface area (Å²) in [5.41, 5.74) is 0.562. The maximum absolute atomic E-state index is 10.8. The molecule has 5 nitrogen and oxygen atoms in total. The Morgan fingerprint density at radius 2 is 1.69 bits per heavy atom. The Hall–Kier alpha value is -1.88. The molecule has 0 saturated heterocycles. The zero-order valence-corrected chi connectivity index (χ0v) is 9.02. The third-order valence-corrected chi connectivity index (χ3v) is 1.70. The predicted molar refractivity (Wildman–Crippen MR) is 55.0 cm³/mol. The highest BCUT2D eigenvalue weighted by Gasteiger charge is 2.10. The van der Waals surface area contributed by atoms with E-state index < -0.39 is 11.9 Å². The lowest BCUT2D eigenvalue weighted by Gasteiger charge is -2.09. The summed E-state index contributed by atoms with van der Waals surface area (Å²) in [6.07, 6.45) is 0. The van der Waals surface area contributed by atoms with Crippen molar-refractivity contribution in [2.24, 2.45) is 0 Å². The summed E-state index contributed by atoms with van der Waals surface area (Å²) < 4.78 is 9.71. The van der Waals surface area contributed by atoms with Crippen molar-refractivity contribution in [3.8, 4) is 11.5 Å². The Balaban J connectivity index is 3.05. The number of hydrogen-bond donors (Lipinski definition) is 1. The van der Waals surface area contributed by atoms with E-state index in [0.29, 0.717) is 5.56 Å². The van der Waals surface area contributed by atoms with Gasteiger partial charge in [-0.05, 0) is 17.7 Å². The fourth-order valence-corrected chi connectivity index (χ4v) is 1.12. The first-order chi connectivity index (χ1) is 7.52. The lowest BCUT2D eigenvalue weighted by atomic mass is 10.2. The summed E-state index contributed by atoms with van der Waals surface area (Å²) in [6, 6.07) is 4.48. The maximum atomic E-state index is 10.8. The van der Waals surface area contributed by atoms with Crippen molar-refractivity contribution in [3.05, 3.63) is 23.8 Å². The molecule has 0 fully saturated rings. The Labute approximate surface area is 92.6 Å². The monoisotopic (exact) mass is 224 g/mol. The van der Waals surface area contributed by atoms with E-state index in [-0.39, 0.29) is 18.1 Å². The van der Waals surface area contributed by atoms with Gasteiger partial charge in [0.2, 0.25) is 0 Å². The number of benzene rings is 1. The maximum Gasteiger partial charge on any atom is 0.308 e. The van der Waals surface area contributed by atoms with E-state index in [2.05, 4.69) is 0 Å². The van der Waals surface area contributed by atoms with E-state index in [1.54, 1.807) is 6.07 Å². The molecular formula is C11H12O5. The quantitative estimate of drug-likeness (QED) is 0.613. The van der Waals surface area contributed by atoms with Crippen LogP contribution in [0.1, 0.15) is 19.4 Å². The zero-order valence-electron chi connectivity index (χ0n) is 9.02. The first-order valence-corrected chi connectivity index (χ1v) is 4.63. The van der Waals surface area contributed by atoms with Crippen LogP contribution >= 0.6 is 0 Å². The third-order valence-electron chi connectivity index (χ3n) is 1.70. The number of aliphatic hydroxyl groups is 1. The SMILES string of the molecule is CC(=O)Oc1ccc(CO)cc1OC(C)=O. The van der Waals surface area contributed by atoms with Crippen molar-refractivity contribution in [1.82, 2.24) is 0 Å². The number of ether oxygens (including phenoxy) is 2. The summed E-state index contributed by atoms with van der Waals surface area (Å²) in [4.78, 5) is 21.6. The van der Waals surface area contributed by atoms with Gasteiger partial charge >= 0.3 is 11.9 Å². The van der Waals surface area contributed by atoms with Crippen LogP contribution in [0.2, 0.25) is 0 Å². The van der Waals surface area contributed by atoms with Crippen LogP contribution in [0.5, 0.6) is 11.5 Å². The minimum Gasteiger partial charge on any atom is -0.423 e. The first kappa shape index (κ1) is 12.2. The largest absolute Gasteiger partial charge is 0.423 e. The van der Waals surface area contributed by atoms with Crippen LogP contribution < -0.4 is 9.47 Å². The standard InChI is InChI=1S/C11H12O5/c1-7(13)15-10-4-3-9(6-12)5-11(10)16-8(2)14/h3-5,12H,6H2,1-2H3. The van der Waals surface area contributed by atoms with Gasteiger partial charge in [0.25, 0.3) is 0 Å². The van der Waals surface area contributed by atoms with Gasteiger partial charge in [0.15, 0.2) is 11.5 Å². The molecule has 1 aromatic rings. The van der Waals surface area contributed by atoms with Gasteiger partial charge in [-0.1, -0.05) is 6.07 Å². The van der Waals surface area contributed by atoms with Gasteiger partial charge in [-0.2, -0.15) is 0 Å². The Bertz CT molecular complexity index is 411. The molecule has 0 aliphatic carbocycles. The van der Waals surface area contributed by atoms with Gasteiger partial charge in [-0.15, -0.1) is 0 Å². The molecule has 0 saturated carbocycles. The van der Waals surface area contributed by atoms with E-state index in [1.165, 1.54) is 26.0 Å². The van der Waals surface area contributed by atoms with Crippen molar-refractivity contribution < 1.29 is 24.2 Å². The normalized spacial score (nSPS) is 9.69. The van der Waals surface area contributed by atoms with Crippen molar-refractivity contribution >= 4 is 11.9 Å². The summed E-state index contributed by atoms with van der Waals surface area (Å²) >= 11 is 0. The molecule has 0 amide bonds. The molecule has 0 aliphatic heterocycles. The lowest BCUT2D eigenvalue weighted by molar-refractivity contribution is -0.134. The first-order valence-electron chi connectivity index (χ1n) is 4.63. The van der Waals surface area contributed by atoms with E-state index >= 15 is 0 Å². The minimum atomic E-state index is -0.525. The Morgan fingerprint density at radius 3 is 2.19 bits per heavy atom. The van der Waals surface area contributed by atoms with E-state index in [4.69, 9.17) is 14.6 Å². The second-order valence-corrected chi connectivity index (χ2v) is 3.13. The average Bonchev–Trinajstić information content (AvgIpc) is 2.19. The van der Waals surface area contributed by atoms with Crippen LogP contribution in [-0.4, -0.2) is 17.0 Å². The lowest BCUT2D eigenvalue weighted by Crippen LogP contribution is -2.07. The van der Waals surface area contributed by atoms with Crippen LogP contribution in [0.15, 0.2) is 18.2 Å². The van der Waals surface area contributed by atoms with Crippen LogP contribution in [0.3, 0.4) is 0 Å². The van der Waals surface area contributed by atoms with Gasteiger partial charge in [0.1, 0.15) is 0 Å². The summed E-state index contributed by atoms with van der Waals surface area (Å²) in [6.45, 7) is 2.30. The molecule has 86 valence electrons. The topological polar surface area (TPSA) is 72.8 Å². The van der Waals surface area contributed by atoms with Crippen molar-refractivity contribution in [3.63, 3.8) is 0 Å². The highest BCUT2D eigenvalue weighted by molar-refractivity contribution is 5.73. The van der Waals surface area contributed by atoms with Crippen LogP contribution in [0, 0.1) is 0 Å². The van der Waals surface area contributed by atoms with Crippen LogP contribution in [0.4, 0.5) is 0 Å². The molecule has 16 heavy (non-hydrogen) atoms. The molecule has 0 bridgehead atoms. The molecule has 5 heteroatoms. The number of rotatable bonds is 3. The molecule has 0 aromatic heterocycles. The molecule has 0 heterocycles. The second-order valence-electron chi connectivity index (χ2n) is 3.13. The molecule has 1 N–H and O–H groups in total. The zero-order chi connectivity index (χ0) is 12.1. The highest BCUT2D eigenvalue weighted by atomic mass is 16.6. The fourth-order valence-electron chi connectivity index (χ4n) is 1.12.